The third-order valence-electron chi connectivity index (χ3n) is 1.69. The quantitative estimate of drug-likeness (QED) is 0.777. The second-order valence-electron chi connectivity index (χ2n) is 2.66. The molecule has 0 saturated carbocycles. The first-order valence-corrected chi connectivity index (χ1v) is 4.03. The minimum Gasteiger partial charge on any atom is -0.326 e. The predicted octanol–water partition coefficient (Wildman–Crippen LogP) is 2.00. The van der Waals surface area contributed by atoms with Gasteiger partial charge in [-0.15, -0.1) is 0 Å². The molecule has 0 spiro atoms. The van der Waals surface area contributed by atoms with Crippen molar-refractivity contribution in [3.05, 3.63) is 33.2 Å². The summed E-state index contributed by atoms with van der Waals surface area (Å²) in [6.45, 7) is 1.34. The van der Waals surface area contributed by atoms with Crippen molar-refractivity contribution in [1.29, 1.82) is 0 Å². The molecule has 0 aliphatic rings. The highest BCUT2D eigenvalue weighted by Gasteiger charge is 2.20. The van der Waals surface area contributed by atoms with E-state index in [0.717, 1.165) is 0 Å². The molecule has 76 valence electrons. The van der Waals surface area contributed by atoms with E-state index in [9.17, 15) is 18.4 Å². The molecule has 0 radical (unpaired) electrons. The number of hydrogen-bond acceptors (Lipinski definition) is 2. The highest BCUT2D eigenvalue weighted by molar-refractivity contribution is 6.68. The van der Waals surface area contributed by atoms with Crippen LogP contribution in [0, 0.1) is 6.92 Å². The van der Waals surface area contributed by atoms with Gasteiger partial charge in [0, 0.05) is 17.3 Å². The van der Waals surface area contributed by atoms with Crippen molar-refractivity contribution in [3.63, 3.8) is 0 Å². The Morgan fingerprint density at radius 1 is 1.57 bits per heavy atom. The Balaban J connectivity index is 3.52. The summed E-state index contributed by atoms with van der Waals surface area (Å²) in [4.78, 5) is 23.9. The van der Waals surface area contributed by atoms with Gasteiger partial charge in [0.2, 0.25) is 5.56 Å². The number of aromatic nitrogens is 1. The van der Waals surface area contributed by atoms with E-state index in [1.165, 1.54) is 6.92 Å². The van der Waals surface area contributed by atoms with E-state index in [2.05, 4.69) is 4.98 Å². The van der Waals surface area contributed by atoms with Gasteiger partial charge in [-0.05, 0) is 18.5 Å². The van der Waals surface area contributed by atoms with Crippen molar-refractivity contribution in [2.75, 3.05) is 0 Å². The lowest BCUT2D eigenvalue weighted by Crippen LogP contribution is -2.14. The average Bonchev–Trinajstić information content (AvgIpc) is 2.01. The predicted molar refractivity (Wildman–Crippen MR) is 46.9 cm³/mol. The van der Waals surface area contributed by atoms with Crippen molar-refractivity contribution < 1.29 is 13.6 Å². The van der Waals surface area contributed by atoms with Crippen LogP contribution in [-0.4, -0.2) is 10.2 Å². The standard InChI is InChI=1S/C8H6ClF2NO2/c1-3-6(7(9)14)4(8(10)11)2-5(13)12-3/h2,8H,1H3,(H,12,13). The normalized spacial score (nSPS) is 10.6. The lowest BCUT2D eigenvalue weighted by atomic mass is 10.1. The largest absolute Gasteiger partial charge is 0.326 e. The highest BCUT2D eigenvalue weighted by Crippen LogP contribution is 2.23. The summed E-state index contributed by atoms with van der Waals surface area (Å²) < 4.78 is 24.8. The smallest absolute Gasteiger partial charge is 0.264 e. The molecule has 0 unspecified atom stereocenters. The van der Waals surface area contributed by atoms with Gasteiger partial charge in [0.15, 0.2) is 0 Å². The van der Waals surface area contributed by atoms with Crippen LogP contribution in [0.3, 0.4) is 0 Å². The zero-order chi connectivity index (χ0) is 10.9. The van der Waals surface area contributed by atoms with Crippen LogP contribution in [0.2, 0.25) is 0 Å². The van der Waals surface area contributed by atoms with Crippen molar-refractivity contribution in [2.24, 2.45) is 0 Å². The summed E-state index contributed by atoms with van der Waals surface area (Å²) in [5, 5.41) is -1.01. The monoisotopic (exact) mass is 221 g/mol. The number of alkyl halides is 2. The summed E-state index contributed by atoms with van der Waals surface area (Å²) in [5.41, 5.74) is -1.60. The summed E-state index contributed by atoms with van der Waals surface area (Å²) in [6, 6.07) is 0.674. The number of carbonyl (C=O) groups is 1. The van der Waals surface area contributed by atoms with Gasteiger partial charge in [-0.2, -0.15) is 0 Å². The molecule has 0 aliphatic heterocycles. The van der Waals surface area contributed by atoms with Gasteiger partial charge in [-0.1, -0.05) is 0 Å². The fourth-order valence-electron chi connectivity index (χ4n) is 1.15. The topological polar surface area (TPSA) is 49.9 Å². The molecule has 0 aliphatic carbocycles. The number of halogens is 3. The Hall–Kier alpha value is -1.23. The number of rotatable bonds is 2. The molecule has 1 heterocycles. The molecule has 0 bridgehead atoms. The Kier molecular flexibility index (Phi) is 3.00. The number of carbonyl (C=O) groups excluding carboxylic acids is 1. The zero-order valence-electron chi connectivity index (χ0n) is 7.11. The Morgan fingerprint density at radius 2 is 2.14 bits per heavy atom. The molecule has 0 fully saturated rings. The van der Waals surface area contributed by atoms with Crippen LogP contribution in [0.15, 0.2) is 10.9 Å². The molecule has 0 saturated heterocycles. The number of aromatic amines is 1. The molecule has 0 amide bonds. The Morgan fingerprint density at radius 3 is 2.57 bits per heavy atom. The number of nitrogens with one attached hydrogen (secondary N) is 1. The van der Waals surface area contributed by atoms with Gasteiger partial charge in [-0.25, -0.2) is 8.78 Å². The first kappa shape index (κ1) is 10.8. The van der Waals surface area contributed by atoms with Crippen LogP contribution in [0.1, 0.15) is 28.0 Å². The lowest BCUT2D eigenvalue weighted by molar-refractivity contribution is 0.106. The summed E-state index contributed by atoms with van der Waals surface area (Å²) in [6.07, 6.45) is -2.89. The van der Waals surface area contributed by atoms with Crippen molar-refractivity contribution in [3.8, 4) is 0 Å². The minimum absolute atomic E-state index is 0.0489. The van der Waals surface area contributed by atoms with Crippen molar-refractivity contribution in [1.82, 2.24) is 4.98 Å². The van der Waals surface area contributed by atoms with E-state index in [-0.39, 0.29) is 11.3 Å². The number of aryl methyl sites for hydroxylation is 1. The van der Waals surface area contributed by atoms with Crippen LogP contribution >= 0.6 is 11.6 Å². The van der Waals surface area contributed by atoms with Gasteiger partial charge < -0.3 is 4.98 Å². The second kappa shape index (κ2) is 3.88. The van der Waals surface area contributed by atoms with Gasteiger partial charge in [0.25, 0.3) is 11.7 Å². The summed E-state index contributed by atoms with van der Waals surface area (Å²) in [5.74, 6) is 0. The van der Waals surface area contributed by atoms with Crippen molar-refractivity contribution in [2.45, 2.75) is 13.3 Å². The Bertz CT molecular complexity index is 428. The molecular formula is C8H6ClF2NO2. The lowest BCUT2D eigenvalue weighted by Gasteiger charge is -2.06. The van der Waals surface area contributed by atoms with E-state index in [1.807, 2.05) is 0 Å². The minimum atomic E-state index is -2.89. The summed E-state index contributed by atoms with van der Waals surface area (Å²) in [7, 11) is 0. The van der Waals surface area contributed by atoms with Crippen LogP contribution in [0.4, 0.5) is 8.78 Å². The second-order valence-corrected chi connectivity index (χ2v) is 3.01. The van der Waals surface area contributed by atoms with E-state index in [0.29, 0.717) is 6.07 Å². The Labute approximate surface area is 82.7 Å². The molecule has 14 heavy (non-hydrogen) atoms. The number of hydrogen-bond donors (Lipinski definition) is 1. The molecule has 1 rings (SSSR count). The summed E-state index contributed by atoms with van der Waals surface area (Å²) >= 11 is 5.12. The third-order valence-corrected chi connectivity index (χ3v) is 1.88. The molecule has 1 N–H and O–H groups in total. The fourth-order valence-corrected chi connectivity index (χ4v) is 1.40. The number of pyridine rings is 1. The van der Waals surface area contributed by atoms with Crippen LogP contribution in [-0.2, 0) is 0 Å². The average molecular weight is 222 g/mol. The van der Waals surface area contributed by atoms with E-state index >= 15 is 0 Å². The maximum Gasteiger partial charge on any atom is 0.264 e. The molecule has 3 nitrogen and oxygen atoms in total. The number of H-pyrrole nitrogens is 1. The fraction of sp³-hybridized carbons (Fsp3) is 0.250. The highest BCUT2D eigenvalue weighted by atomic mass is 35.5. The van der Waals surface area contributed by atoms with Gasteiger partial charge in [0.1, 0.15) is 0 Å². The van der Waals surface area contributed by atoms with Crippen molar-refractivity contribution >= 4 is 16.8 Å². The molecule has 1 aromatic rings. The molecule has 0 atom stereocenters. The van der Waals surface area contributed by atoms with E-state index in [4.69, 9.17) is 11.6 Å². The van der Waals surface area contributed by atoms with Gasteiger partial charge in [0.05, 0.1) is 5.56 Å². The van der Waals surface area contributed by atoms with Crippen LogP contribution in [0.5, 0.6) is 0 Å². The third kappa shape index (κ3) is 1.98. The first-order valence-electron chi connectivity index (χ1n) is 3.65. The maximum atomic E-state index is 12.4. The molecule has 1 aromatic heterocycles. The first-order chi connectivity index (χ1) is 6.43. The van der Waals surface area contributed by atoms with Crippen LogP contribution < -0.4 is 5.56 Å². The molecule has 0 aromatic carbocycles. The SMILES string of the molecule is Cc1[nH]c(=O)cc(C(F)F)c1C(=O)Cl. The van der Waals surface area contributed by atoms with E-state index in [1.54, 1.807) is 0 Å². The van der Waals surface area contributed by atoms with Gasteiger partial charge in [-0.3, -0.25) is 9.59 Å². The molecular weight excluding hydrogens is 216 g/mol. The van der Waals surface area contributed by atoms with E-state index < -0.39 is 22.8 Å². The van der Waals surface area contributed by atoms with Gasteiger partial charge >= 0.3 is 0 Å². The maximum absolute atomic E-state index is 12.4. The van der Waals surface area contributed by atoms with Crippen LogP contribution in [0.25, 0.3) is 0 Å². The zero-order valence-corrected chi connectivity index (χ0v) is 7.86. The molecule has 6 heteroatoms.